The summed E-state index contributed by atoms with van der Waals surface area (Å²) in [6.45, 7) is 4.73. The van der Waals surface area contributed by atoms with Crippen molar-refractivity contribution in [2.45, 2.75) is 13.3 Å². The van der Waals surface area contributed by atoms with Crippen LogP contribution in [0.2, 0.25) is 5.02 Å². The van der Waals surface area contributed by atoms with Crippen LogP contribution in [-0.2, 0) is 6.42 Å². The lowest BCUT2D eigenvalue weighted by Gasteiger charge is -2.36. The first-order valence-electron chi connectivity index (χ1n) is 11.9. The summed E-state index contributed by atoms with van der Waals surface area (Å²) in [6.07, 6.45) is 0.750. The number of anilines is 1. The van der Waals surface area contributed by atoms with Gasteiger partial charge in [-0.1, -0.05) is 63.9 Å². The van der Waals surface area contributed by atoms with Crippen molar-refractivity contribution in [3.63, 3.8) is 0 Å². The maximum absolute atomic E-state index is 13.1. The molecule has 0 N–H and O–H groups in total. The van der Waals surface area contributed by atoms with Crippen LogP contribution in [0.25, 0.3) is 11.4 Å². The quantitative estimate of drug-likeness (QED) is 0.282. The zero-order valence-corrected chi connectivity index (χ0v) is 22.3. The molecule has 7 heteroatoms. The molecule has 5 nitrogen and oxygen atoms in total. The van der Waals surface area contributed by atoms with Gasteiger partial charge in [-0.25, -0.2) is 9.97 Å². The van der Waals surface area contributed by atoms with Crippen molar-refractivity contribution >= 4 is 39.3 Å². The van der Waals surface area contributed by atoms with Crippen LogP contribution in [0, 0.1) is 6.92 Å². The molecular formula is C29H26BrClN4O. The van der Waals surface area contributed by atoms with E-state index < -0.39 is 0 Å². The number of nitrogens with zero attached hydrogens (tertiary/aromatic N) is 4. The van der Waals surface area contributed by atoms with Crippen LogP contribution in [0.5, 0.6) is 0 Å². The molecule has 5 rings (SSSR count). The molecule has 2 heterocycles. The highest BCUT2D eigenvalue weighted by atomic mass is 79.9. The first-order valence-corrected chi connectivity index (χ1v) is 13.1. The number of amides is 1. The molecule has 1 amide bonds. The van der Waals surface area contributed by atoms with Gasteiger partial charge in [-0.05, 0) is 55.0 Å². The molecule has 1 aromatic heterocycles. The minimum Gasteiger partial charge on any atom is -0.353 e. The van der Waals surface area contributed by atoms with E-state index in [1.807, 2.05) is 59.5 Å². The number of aromatic nitrogens is 2. The molecule has 0 spiro atoms. The molecule has 0 radical (unpaired) electrons. The third kappa shape index (κ3) is 5.45. The summed E-state index contributed by atoms with van der Waals surface area (Å²) >= 11 is 9.57. The van der Waals surface area contributed by atoms with Crippen molar-refractivity contribution in [3.05, 3.63) is 111 Å². The number of piperazine rings is 1. The lowest BCUT2D eigenvalue weighted by atomic mass is 10.0. The van der Waals surface area contributed by atoms with Crippen molar-refractivity contribution in [2.24, 2.45) is 0 Å². The molecule has 36 heavy (non-hydrogen) atoms. The van der Waals surface area contributed by atoms with E-state index in [0.29, 0.717) is 42.6 Å². The summed E-state index contributed by atoms with van der Waals surface area (Å²) in [6, 6.07) is 25.6. The zero-order valence-electron chi connectivity index (χ0n) is 20.0. The van der Waals surface area contributed by atoms with Crippen LogP contribution < -0.4 is 4.90 Å². The second kappa shape index (κ2) is 10.8. The molecule has 1 fully saturated rings. The largest absolute Gasteiger partial charge is 0.353 e. The summed E-state index contributed by atoms with van der Waals surface area (Å²) in [4.78, 5) is 27.2. The van der Waals surface area contributed by atoms with Crippen LogP contribution >= 0.6 is 27.5 Å². The maximum Gasteiger partial charge on any atom is 0.254 e. The minimum atomic E-state index is 0.0566. The van der Waals surface area contributed by atoms with Gasteiger partial charge < -0.3 is 9.80 Å². The molecule has 0 unspecified atom stereocenters. The second-order valence-electron chi connectivity index (χ2n) is 8.89. The average molecular weight is 562 g/mol. The molecule has 3 aromatic carbocycles. The van der Waals surface area contributed by atoms with Crippen molar-refractivity contribution in [1.82, 2.24) is 14.9 Å². The fourth-order valence-electron chi connectivity index (χ4n) is 4.50. The van der Waals surface area contributed by atoms with E-state index in [9.17, 15) is 4.79 Å². The van der Waals surface area contributed by atoms with Crippen LogP contribution in [0.4, 0.5) is 5.82 Å². The number of carbonyl (C=O) groups excluding carboxylic acids is 1. The van der Waals surface area contributed by atoms with E-state index in [1.165, 1.54) is 5.56 Å². The van der Waals surface area contributed by atoms with Gasteiger partial charge in [0.15, 0.2) is 5.82 Å². The summed E-state index contributed by atoms with van der Waals surface area (Å²) in [5, 5.41) is 0.683. The van der Waals surface area contributed by atoms with Gasteiger partial charge in [0.05, 0.1) is 0 Å². The Morgan fingerprint density at radius 2 is 1.64 bits per heavy atom. The summed E-state index contributed by atoms with van der Waals surface area (Å²) in [5.74, 6) is 1.68. The van der Waals surface area contributed by atoms with Gasteiger partial charge in [-0.3, -0.25) is 4.79 Å². The standard InChI is InChI=1S/C29H26BrClN4O/c1-20-26(18-21-6-3-2-4-7-21)28(33-27(32-20)22-10-12-25(31)13-11-22)34-14-16-35(17-15-34)29(36)23-8-5-9-24(30)19-23/h2-13,19H,14-18H2,1H3. The van der Waals surface area contributed by atoms with E-state index in [4.69, 9.17) is 21.6 Å². The Balaban J connectivity index is 1.44. The van der Waals surface area contributed by atoms with Crippen LogP contribution in [-0.4, -0.2) is 47.0 Å². The molecule has 0 atom stereocenters. The van der Waals surface area contributed by atoms with Crippen molar-refractivity contribution in [2.75, 3.05) is 31.1 Å². The maximum atomic E-state index is 13.1. The van der Waals surface area contributed by atoms with Gasteiger partial charge in [0, 0.05) is 64.5 Å². The van der Waals surface area contributed by atoms with E-state index in [1.54, 1.807) is 0 Å². The Morgan fingerprint density at radius 1 is 0.917 bits per heavy atom. The fraction of sp³-hybridized carbons (Fsp3) is 0.207. The number of benzene rings is 3. The first kappa shape index (κ1) is 24.5. The molecular weight excluding hydrogens is 536 g/mol. The number of halogens is 2. The Kier molecular flexibility index (Phi) is 7.35. The van der Waals surface area contributed by atoms with Gasteiger partial charge >= 0.3 is 0 Å². The zero-order chi connectivity index (χ0) is 25.1. The molecule has 1 aliphatic heterocycles. The van der Waals surface area contributed by atoms with Crippen LogP contribution in [0.3, 0.4) is 0 Å². The van der Waals surface area contributed by atoms with E-state index >= 15 is 0 Å². The highest BCUT2D eigenvalue weighted by molar-refractivity contribution is 9.10. The molecule has 0 aliphatic carbocycles. The molecule has 4 aromatic rings. The van der Waals surface area contributed by atoms with Crippen LogP contribution in [0.1, 0.15) is 27.2 Å². The number of rotatable bonds is 5. The second-order valence-corrected chi connectivity index (χ2v) is 10.2. The third-order valence-electron chi connectivity index (χ3n) is 6.46. The molecule has 0 bridgehead atoms. The Morgan fingerprint density at radius 3 is 2.33 bits per heavy atom. The number of aryl methyl sites for hydroxylation is 1. The van der Waals surface area contributed by atoms with Crippen molar-refractivity contribution in [3.8, 4) is 11.4 Å². The lowest BCUT2D eigenvalue weighted by molar-refractivity contribution is 0.0746. The van der Waals surface area contributed by atoms with Crippen LogP contribution in [0.15, 0.2) is 83.3 Å². The normalized spacial score (nSPS) is 13.6. The predicted octanol–water partition coefficient (Wildman–Crippen LogP) is 6.42. The van der Waals surface area contributed by atoms with E-state index in [2.05, 4.69) is 52.0 Å². The number of hydrogen-bond acceptors (Lipinski definition) is 4. The van der Waals surface area contributed by atoms with E-state index in [0.717, 1.165) is 33.5 Å². The van der Waals surface area contributed by atoms with E-state index in [-0.39, 0.29) is 5.91 Å². The Hall–Kier alpha value is -3.22. The fourth-order valence-corrected chi connectivity index (χ4v) is 5.03. The van der Waals surface area contributed by atoms with Crippen molar-refractivity contribution in [1.29, 1.82) is 0 Å². The van der Waals surface area contributed by atoms with Gasteiger partial charge in [0.2, 0.25) is 0 Å². The number of carbonyl (C=O) groups is 1. The number of hydrogen-bond donors (Lipinski definition) is 0. The smallest absolute Gasteiger partial charge is 0.254 e. The SMILES string of the molecule is Cc1nc(-c2ccc(Cl)cc2)nc(N2CCN(C(=O)c3cccc(Br)c3)CC2)c1Cc1ccccc1. The van der Waals surface area contributed by atoms with Gasteiger partial charge in [0.25, 0.3) is 5.91 Å². The minimum absolute atomic E-state index is 0.0566. The predicted molar refractivity (Wildman–Crippen MR) is 149 cm³/mol. The summed E-state index contributed by atoms with van der Waals surface area (Å²) in [7, 11) is 0. The molecule has 0 saturated carbocycles. The Bertz CT molecular complexity index is 1370. The van der Waals surface area contributed by atoms with Gasteiger partial charge in [-0.15, -0.1) is 0 Å². The van der Waals surface area contributed by atoms with Gasteiger partial charge in [-0.2, -0.15) is 0 Å². The average Bonchev–Trinajstić information content (AvgIpc) is 2.90. The lowest BCUT2D eigenvalue weighted by Crippen LogP contribution is -2.49. The van der Waals surface area contributed by atoms with Crippen molar-refractivity contribution < 1.29 is 4.79 Å². The Labute approximate surface area is 224 Å². The monoisotopic (exact) mass is 560 g/mol. The molecule has 182 valence electrons. The van der Waals surface area contributed by atoms with Gasteiger partial charge in [0.1, 0.15) is 5.82 Å². The summed E-state index contributed by atoms with van der Waals surface area (Å²) in [5.41, 5.74) is 4.92. The molecule has 1 aliphatic rings. The third-order valence-corrected chi connectivity index (χ3v) is 7.20. The highest BCUT2D eigenvalue weighted by Crippen LogP contribution is 2.29. The molecule has 1 saturated heterocycles. The summed E-state index contributed by atoms with van der Waals surface area (Å²) < 4.78 is 0.906. The highest BCUT2D eigenvalue weighted by Gasteiger charge is 2.26. The first-order chi connectivity index (χ1) is 17.5. The topological polar surface area (TPSA) is 49.3 Å².